The number of hydrogen-bond donors (Lipinski definition) is 2. The van der Waals surface area contributed by atoms with Crippen LogP contribution in [0.5, 0.6) is 0 Å². The van der Waals surface area contributed by atoms with Gasteiger partial charge in [0.1, 0.15) is 6.10 Å². The highest BCUT2D eigenvalue weighted by Crippen LogP contribution is 2.49. The third-order valence-electron chi connectivity index (χ3n) is 6.73. The molecule has 1 aromatic carbocycles. The Balaban J connectivity index is 2.41. The fourth-order valence-corrected chi connectivity index (χ4v) is 3.81. The molecule has 0 radical (unpaired) electrons. The minimum Gasteiger partial charge on any atom is -0.478 e. The predicted octanol–water partition coefficient (Wildman–Crippen LogP) is 3.53. The molecule has 0 aliphatic carbocycles. The van der Waals surface area contributed by atoms with Crippen LogP contribution in [-0.2, 0) is 4.74 Å². The lowest BCUT2D eigenvalue weighted by Gasteiger charge is -2.61. The van der Waals surface area contributed by atoms with E-state index in [1.54, 1.807) is 0 Å². The molecule has 154 valence electrons. The normalized spacial score (nSPS) is 23.0. The number of nitrogens with zero attached hydrogens (tertiary/aromatic N) is 1. The van der Waals surface area contributed by atoms with Crippen LogP contribution in [0.1, 0.15) is 79.0 Å². The van der Waals surface area contributed by atoms with E-state index in [2.05, 4.69) is 39.6 Å². The van der Waals surface area contributed by atoms with Gasteiger partial charge in [0.2, 0.25) is 0 Å². The zero-order chi connectivity index (χ0) is 21.7. The van der Waals surface area contributed by atoms with E-state index in [-0.39, 0.29) is 27.8 Å². The standard InChI is InChI=1S/C21H29NO6/c1-19(2)11-15(20(3,4)21(5,6)22(19)7)28-18(27)14-9-12(16(23)24)8-13(10-14)17(25)26/h8-10,15H,11H2,1-7H3,(H,23,24)(H,25,26). The summed E-state index contributed by atoms with van der Waals surface area (Å²) in [7, 11) is 2.05. The zero-order valence-corrected chi connectivity index (χ0v) is 17.5. The van der Waals surface area contributed by atoms with Crippen molar-refractivity contribution >= 4 is 17.9 Å². The average Bonchev–Trinajstić information content (AvgIpc) is 2.58. The first kappa shape index (κ1) is 21.9. The number of carbonyl (C=O) groups is 3. The van der Waals surface area contributed by atoms with Crippen LogP contribution >= 0.6 is 0 Å². The fraction of sp³-hybridized carbons (Fsp3) is 0.571. The van der Waals surface area contributed by atoms with Crippen LogP contribution in [0.3, 0.4) is 0 Å². The van der Waals surface area contributed by atoms with Crippen LogP contribution < -0.4 is 0 Å². The second-order valence-electron chi connectivity index (χ2n) is 9.16. The summed E-state index contributed by atoms with van der Waals surface area (Å²) in [5.74, 6) is -3.34. The Kier molecular flexibility index (Phi) is 5.38. The van der Waals surface area contributed by atoms with E-state index in [9.17, 15) is 24.6 Å². The fourth-order valence-electron chi connectivity index (χ4n) is 3.81. The molecule has 0 amide bonds. The molecule has 1 heterocycles. The van der Waals surface area contributed by atoms with E-state index in [0.29, 0.717) is 6.42 Å². The summed E-state index contributed by atoms with van der Waals surface area (Å²) in [5, 5.41) is 18.4. The first-order valence-electron chi connectivity index (χ1n) is 9.18. The first-order chi connectivity index (χ1) is 12.6. The van der Waals surface area contributed by atoms with Gasteiger partial charge in [-0.05, 0) is 52.9 Å². The van der Waals surface area contributed by atoms with Crippen molar-refractivity contribution in [3.63, 3.8) is 0 Å². The SMILES string of the molecule is CN1C(C)(C)CC(OC(=O)c2cc(C(=O)O)cc(C(=O)O)c2)C(C)(C)C1(C)C. The number of ether oxygens (including phenoxy) is 1. The predicted molar refractivity (Wildman–Crippen MR) is 104 cm³/mol. The van der Waals surface area contributed by atoms with Gasteiger partial charge in [-0.15, -0.1) is 0 Å². The minimum absolute atomic E-state index is 0.0809. The van der Waals surface area contributed by atoms with Crippen molar-refractivity contribution in [3.8, 4) is 0 Å². The van der Waals surface area contributed by atoms with Crippen molar-refractivity contribution in [2.45, 2.75) is 65.1 Å². The summed E-state index contributed by atoms with van der Waals surface area (Å²) in [6.07, 6.45) is 0.166. The Bertz CT molecular complexity index is 792. The molecular formula is C21H29NO6. The molecule has 1 aliphatic heterocycles. The molecule has 0 bridgehead atoms. The van der Waals surface area contributed by atoms with Gasteiger partial charge in [-0.2, -0.15) is 0 Å². The van der Waals surface area contributed by atoms with E-state index in [1.807, 2.05) is 13.8 Å². The summed E-state index contributed by atoms with van der Waals surface area (Å²) in [5.41, 5.74) is -1.52. The minimum atomic E-state index is -1.31. The number of esters is 1. The van der Waals surface area contributed by atoms with Gasteiger partial charge in [0.05, 0.1) is 16.7 Å². The van der Waals surface area contributed by atoms with Crippen LogP contribution in [-0.4, -0.2) is 57.3 Å². The van der Waals surface area contributed by atoms with Crippen molar-refractivity contribution in [3.05, 3.63) is 34.9 Å². The Morgan fingerprint density at radius 1 is 0.929 bits per heavy atom. The van der Waals surface area contributed by atoms with Crippen LogP contribution in [0.15, 0.2) is 18.2 Å². The Labute approximate surface area is 165 Å². The van der Waals surface area contributed by atoms with Crippen LogP contribution in [0, 0.1) is 5.41 Å². The van der Waals surface area contributed by atoms with Crippen LogP contribution in [0.4, 0.5) is 0 Å². The van der Waals surface area contributed by atoms with Gasteiger partial charge in [0, 0.05) is 22.9 Å². The van der Waals surface area contributed by atoms with Crippen molar-refractivity contribution < 1.29 is 29.3 Å². The number of carbonyl (C=O) groups excluding carboxylic acids is 1. The molecule has 0 spiro atoms. The van der Waals surface area contributed by atoms with E-state index >= 15 is 0 Å². The molecule has 0 aromatic heterocycles. The summed E-state index contributed by atoms with van der Waals surface area (Å²) >= 11 is 0. The van der Waals surface area contributed by atoms with Gasteiger partial charge < -0.3 is 14.9 Å². The number of likely N-dealkylation sites (tertiary alicyclic amines) is 1. The maximum absolute atomic E-state index is 12.8. The number of benzene rings is 1. The number of carboxylic acid groups (broad SMARTS) is 2. The Morgan fingerprint density at radius 3 is 1.79 bits per heavy atom. The van der Waals surface area contributed by atoms with Gasteiger partial charge in [0.25, 0.3) is 0 Å². The van der Waals surface area contributed by atoms with Crippen molar-refractivity contribution in [2.75, 3.05) is 7.05 Å². The summed E-state index contributed by atoms with van der Waals surface area (Å²) in [6, 6.07) is 3.32. The molecule has 1 unspecified atom stereocenters. The second-order valence-corrected chi connectivity index (χ2v) is 9.16. The topological polar surface area (TPSA) is 104 Å². The lowest BCUT2D eigenvalue weighted by molar-refractivity contribution is -0.157. The molecule has 2 rings (SSSR count). The van der Waals surface area contributed by atoms with Gasteiger partial charge in [-0.1, -0.05) is 13.8 Å². The largest absolute Gasteiger partial charge is 0.478 e. The van der Waals surface area contributed by atoms with Crippen molar-refractivity contribution in [1.29, 1.82) is 0 Å². The third-order valence-corrected chi connectivity index (χ3v) is 6.73. The van der Waals surface area contributed by atoms with Gasteiger partial charge in [0.15, 0.2) is 0 Å². The molecule has 2 N–H and O–H groups in total. The van der Waals surface area contributed by atoms with E-state index in [1.165, 1.54) is 0 Å². The summed E-state index contributed by atoms with van der Waals surface area (Å²) in [4.78, 5) is 37.7. The molecular weight excluding hydrogens is 362 g/mol. The summed E-state index contributed by atoms with van der Waals surface area (Å²) < 4.78 is 5.83. The highest BCUT2D eigenvalue weighted by Gasteiger charge is 2.56. The lowest BCUT2D eigenvalue weighted by Crippen LogP contribution is -2.69. The van der Waals surface area contributed by atoms with Gasteiger partial charge in [-0.25, -0.2) is 14.4 Å². The maximum atomic E-state index is 12.8. The number of rotatable bonds is 4. The maximum Gasteiger partial charge on any atom is 0.338 e. The lowest BCUT2D eigenvalue weighted by atomic mass is 9.62. The number of carboxylic acids is 2. The number of hydrogen-bond acceptors (Lipinski definition) is 5. The summed E-state index contributed by atoms with van der Waals surface area (Å²) in [6.45, 7) is 12.4. The Hall–Kier alpha value is -2.41. The molecule has 1 aromatic rings. The second kappa shape index (κ2) is 6.88. The molecule has 1 fully saturated rings. The third kappa shape index (κ3) is 3.63. The molecule has 1 saturated heterocycles. The molecule has 0 saturated carbocycles. The highest BCUT2D eigenvalue weighted by molar-refractivity contribution is 5.99. The number of aromatic carboxylic acids is 2. The van der Waals surface area contributed by atoms with Gasteiger partial charge in [-0.3, -0.25) is 4.90 Å². The smallest absolute Gasteiger partial charge is 0.338 e. The van der Waals surface area contributed by atoms with E-state index < -0.39 is 29.4 Å². The highest BCUT2D eigenvalue weighted by atomic mass is 16.5. The molecule has 7 nitrogen and oxygen atoms in total. The quantitative estimate of drug-likeness (QED) is 0.757. The van der Waals surface area contributed by atoms with E-state index in [4.69, 9.17) is 4.74 Å². The molecule has 28 heavy (non-hydrogen) atoms. The van der Waals surface area contributed by atoms with Crippen molar-refractivity contribution in [1.82, 2.24) is 4.90 Å². The van der Waals surface area contributed by atoms with E-state index in [0.717, 1.165) is 18.2 Å². The molecule has 1 aliphatic rings. The molecule has 1 atom stereocenters. The zero-order valence-electron chi connectivity index (χ0n) is 17.5. The van der Waals surface area contributed by atoms with Gasteiger partial charge >= 0.3 is 17.9 Å². The van der Waals surface area contributed by atoms with Crippen molar-refractivity contribution in [2.24, 2.45) is 5.41 Å². The van der Waals surface area contributed by atoms with Crippen LogP contribution in [0.2, 0.25) is 0 Å². The first-order valence-corrected chi connectivity index (χ1v) is 9.18. The molecule has 7 heteroatoms. The monoisotopic (exact) mass is 391 g/mol. The Morgan fingerprint density at radius 2 is 1.36 bits per heavy atom. The number of piperidine rings is 1. The average molecular weight is 391 g/mol. The van der Waals surface area contributed by atoms with Crippen LogP contribution in [0.25, 0.3) is 0 Å².